The molecular formula is C12H12N2. The Hall–Kier alpha value is -1.83. The Morgan fingerprint density at radius 3 is 2.64 bits per heavy atom. The summed E-state index contributed by atoms with van der Waals surface area (Å²) >= 11 is 0. The summed E-state index contributed by atoms with van der Waals surface area (Å²) in [6.45, 7) is 3.80. The normalized spacial score (nSPS) is 10.1. The van der Waals surface area contributed by atoms with Gasteiger partial charge >= 0.3 is 0 Å². The van der Waals surface area contributed by atoms with Crippen molar-refractivity contribution < 1.29 is 0 Å². The van der Waals surface area contributed by atoms with E-state index in [2.05, 4.69) is 24.0 Å². The molecule has 0 radical (unpaired) electrons. The third-order valence-corrected chi connectivity index (χ3v) is 2.20. The lowest BCUT2D eigenvalue weighted by atomic mass is 10.1. The predicted molar refractivity (Wildman–Crippen MR) is 58.7 cm³/mol. The van der Waals surface area contributed by atoms with Crippen LogP contribution in [-0.4, -0.2) is 9.55 Å². The Morgan fingerprint density at radius 1 is 1.29 bits per heavy atom. The van der Waals surface area contributed by atoms with Crippen molar-refractivity contribution in [1.29, 1.82) is 0 Å². The first-order valence-electron chi connectivity index (χ1n) is 4.50. The minimum atomic E-state index is 1.15. The number of aromatic nitrogens is 2. The van der Waals surface area contributed by atoms with Gasteiger partial charge < -0.3 is 4.57 Å². The summed E-state index contributed by atoms with van der Waals surface area (Å²) in [5.74, 6) is 0. The van der Waals surface area contributed by atoms with Crippen molar-refractivity contribution in [2.45, 2.75) is 0 Å². The Labute approximate surface area is 83.5 Å². The average molecular weight is 184 g/mol. The molecule has 70 valence electrons. The molecule has 0 saturated heterocycles. The molecule has 0 aliphatic rings. The molecule has 2 nitrogen and oxygen atoms in total. The molecule has 0 saturated carbocycles. The lowest BCUT2D eigenvalue weighted by molar-refractivity contribution is 0.928. The first-order valence-corrected chi connectivity index (χ1v) is 4.50. The molecular weight excluding hydrogens is 172 g/mol. The molecule has 0 aliphatic carbocycles. The predicted octanol–water partition coefficient (Wildman–Crippen LogP) is 2.73. The molecule has 14 heavy (non-hydrogen) atoms. The molecule has 0 unspecified atom stereocenters. The molecule has 2 heterocycles. The van der Waals surface area contributed by atoms with E-state index in [1.807, 2.05) is 29.8 Å². The molecule has 2 aromatic heterocycles. The van der Waals surface area contributed by atoms with Crippen molar-refractivity contribution in [3.8, 4) is 11.1 Å². The first-order chi connectivity index (χ1) is 6.81. The Balaban J connectivity index is 2.56. The number of pyridine rings is 1. The number of hydrogen-bond donors (Lipinski definition) is 0. The SMILES string of the molecule is C=Cc1cn(C)cc1-c1ccncc1. The van der Waals surface area contributed by atoms with Gasteiger partial charge in [-0.25, -0.2) is 0 Å². The van der Waals surface area contributed by atoms with E-state index >= 15 is 0 Å². The fourth-order valence-electron chi connectivity index (χ4n) is 1.54. The van der Waals surface area contributed by atoms with Crippen molar-refractivity contribution in [3.63, 3.8) is 0 Å². The number of hydrogen-bond acceptors (Lipinski definition) is 1. The van der Waals surface area contributed by atoms with Gasteiger partial charge in [0.15, 0.2) is 0 Å². The second-order valence-corrected chi connectivity index (χ2v) is 3.23. The van der Waals surface area contributed by atoms with Crippen molar-refractivity contribution in [2.24, 2.45) is 7.05 Å². The third-order valence-electron chi connectivity index (χ3n) is 2.20. The van der Waals surface area contributed by atoms with Gasteiger partial charge in [0.2, 0.25) is 0 Å². The van der Waals surface area contributed by atoms with Crippen molar-refractivity contribution in [1.82, 2.24) is 9.55 Å². The molecule has 0 fully saturated rings. The van der Waals surface area contributed by atoms with Crippen LogP contribution in [0.15, 0.2) is 43.5 Å². The van der Waals surface area contributed by atoms with Gasteiger partial charge in [-0.15, -0.1) is 0 Å². The average Bonchev–Trinajstić information content (AvgIpc) is 2.61. The maximum atomic E-state index is 4.00. The summed E-state index contributed by atoms with van der Waals surface area (Å²) in [6.07, 6.45) is 9.62. The molecule has 0 atom stereocenters. The summed E-state index contributed by atoms with van der Waals surface area (Å²) in [4.78, 5) is 4.00. The molecule has 2 aromatic rings. The maximum absolute atomic E-state index is 4.00. The van der Waals surface area contributed by atoms with Crippen LogP contribution in [0.4, 0.5) is 0 Å². The zero-order valence-corrected chi connectivity index (χ0v) is 8.14. The van der Waals surface area contributed by atoms with Crippen LogP contribution in [0, 0.1) is 0 Å². The van der Waals surface area contributed by atoms with Gasteiger partial charge in [-0.2, -0.15) is 0 Å². The van der Waals surface area contributed by atoms with E-state index in [1.165, 1.54) is 11.1 Å². The molecule has 0 amide bonds. The van der Waals surface area contributed by atoms with Crippen molar-refractivity contribution in [2.75, 3.05) is 0 Å². The van der Waals surface area contributed by atoms with Gasteiger partial charge in [-0.3, -0.25) is 4.98 Å². The van der Waals surface area contributed by atoms with E-state index in [9.17, 15) is 0 Å². The molecule has 2 heteroatoms. The van der Waals surface area contributed by atoms with Gasteiger partial charge in [0.25, 0.3) is 0 Å². The Kier molecular flexibility index (Phi) is 2.19. The van der Waals surface area contributed by atoms with Crippen LogP contribution in [0.5, 0.6) is 0 Å². The van der Waals surface area contributed by atoms with Crippen LogP contribution >= 0.6 is 0 Å². The van der Waals surface area contributed by atoms with Gasteiger partial charge in [-0.05, 0) is 23.3 Å². The Morgan fingerprint density at radius 2 is 2.00 bits per heavy atom. The van der Waals surface area contributed by atoms with Crippen molar-refractivity contribution in [3.05, 3.63) is 49.1 Å². The monoisotopic (exact) mass is 184 g/mol. The number of rotatable bonds is 2. The van der Waals surface area contributed by atoms with Crippen LogP contribution in [0.1, 0.15) is 5.56 Å². The highest BCUT2D eigenvalue weighted by molar-refractivity contribution is 5.74. The molecule has 0 N–H and O–H groups in total. The van der Waals surface area contributed by atoms with E-state index in [0.29, 0.717) is 0 Å². The van der Waals surface area contributed by atoms with E-state index < -0.39 is 0 Å². The third kappa shape index (κ3) is 1.46. The molecule has 2 rings (SSSR count). The van der Waals surface area contributed by atoms with Gasteiger partial charge in [-0.1, -0.05) is 12.7 Å². The standard InChI is InChI=1S/C12H12N2/c1-3-10-8-14(2)9-12(10)11-4-6-13-7-5-11/h3-9H,1H2,2H3. The van der Waals surface area contributed by atoms with Crippen LogP contribution in [0.25, 0.3) is 17.2 Å². The molecule has 0 bridgehead atoms. The van der Waals surface area contributed by atoms with Crippen LogP contribution in [0.3, 0.4) is 0 Å². The zero-order chi connectivity index (χ0) is 9.97. The van der Waals surface area contributed by atoms with E-state index in [4.69, 9.17) is 0 Å². The summed E-state index contributed by atoms with van der Waals surface area (Å²) in [5.41, 5.74) is 3.53. The van der Waals surface area contributed by atoms with Gasteiger partial charge in [0, 0.05) is 37.4 Å². The van der Waals surface area contributed by atoms with Crippen LogP contribution in [0.2, 0.25) is 0 Å². The fraction of sp³-hybridized carbons (Fsp3) is 0.0833. The summed E-state index contributed by atoms with van der Waals surface area (Å²) in [6, 6.07) is 4.00. The smallest absolute Gasteiger partial charge is 0.0273 e. The lowest BCUT2D eigenvalue weighted by Gasteiger charge is -1.98. The highest BCUT2D eigenvalue weighted by Gasteiger charge is 2.03. The van der Waals surface area contributed by atoms with Gasteiger partial charge in [0.1, 0.15) is 0 Å². The summed E-state index contributed by atoms with van der Waals surface area (Å²) in [7, 11) is 2.01. The highest BCUT2D eigenvalue weighted by Crippen LogP contribution is 2.24. The van der Waals surface area contributed by atoms with Crippen LogP contribution < -0.4 is 0 Å². The molecule has 0 spiro atoms. The lowest BCUT2D eigenvalue weighted by Crippen LogP contribution is -1.78. The quantitative estimate of drug-likeness (QED) is 0.701. The minimum Gasteiger partial charge on any atom is -0.356 e. The number of nitrogens with zero attached hydrogens (tertiary/aromatic N) is 2. The molecule has 0 aliphatic heterocycles. The van der Waals surface area contributed by atoms with Crippen molar-refractivity contribution >= 4 is 6.08 Å². The Bertz CT molecular complexity index is 441. The van der Waals surface area contributed by atoms with Gasteiger partial charge in [0.05, 0.1) is 0 Å². The van der Waals surface area contributed by atoms with E-state index in [1.54, 1.807) is 12.4 Å². The van der Waals surface area contributed by atoms with E-state index in [0.717, 1.165) is 5.56 Å². The zero-order valence-electron chi connectivity index (χ0n) is 8.14. The minimum absolute atomic E-state index is 1.15. The largest absolute Gasteiger partial charge is 0.356 e. The summed E-state index contributed by atoms with van der Waals surface area (Å²) < 4.78 is 2.03. The number of aryl methyl sites for hydroxylation is 1. The second kappa shape index (κ2) is 3.50. The molecule has 0 aromatic carbocycles. The summed E-state index contributed by atoms with van der Waals surface area (Å²) in [5, 5.41) is 0. The maximum Gasteiger partial charge on any atom is 0.0273 e. The highest BCUT2D eigenvalue weighted by atomic mass is 14.9. The van der Waals surface area contributed by atoms with E-state index in [-0.39, 0.29) is 0 Å². The van der Waals surface area contributed by atoms with Crippen LogP contribution in [-0.2, 0) is 7.05 Å². The first kappa shape index (κ1) is 8.75. The topological polar surface area (TPSA) is 17.8 Å². The second-order valence-electron chi connectivity index (χ2n) is 3.23. The fourth-order valence-corrected chi connectivity index (χ4v) is 1.54.